The summed E-state index contributed by atoms with van der Waals surface area (Å²) in [4.78, 5) is 15.1. The summed E-state index contributed by atoms with van der Waals surface area (Å²) in [5.74, 6) is 0.273. The molecule has 1 aromatic heterocycles. The summed E-state index contributed by atoms with van der Waals surface area (Å²) in [7, 11) is 0. The van der Waals surface area contributed by atoms with E-state index in [4.69, 9.17) is 21.1 Å². The number of nitrogens with one attached hydrogen (secondary N) is 1. The second-order valence-corrected chi connectivity index (χ2v) is 8.87. The third kappa shape index (κ3) is 5.41. The van der Waals surface area contributed by atoms with Crippen molar-refractivity contribution in [3.8, 4) is 5.88 Å². The van der Waals surface area contributed by atoms with Crippen LogP contribution < -0.4 is 10.1 Å². The second kappa shape index (κ2) is 9.90. The average Bonchev–Trinajstić information content (AvgIpc) is 3.11. The normalized spacial score (nSPS) is 15.1. The topological polar surface area (TPSA) is 68.6 Å². The van der Waals surface area contributed by atoms with Gasteiger partial charge in [-0.25, -0.2) is 0 Å². The molecule has 7 nitrogen and oxygen atoms in total. The Bertz CT molecular complexity index is 1080. The van der Waals surface area contributed by atoms with E-state index in [2.05, 4.69) is 15.3 Å². The van der Waals surface area contributed by atoms with Crippen LogP contribution >= 0.6 is 11.6 Å². The summed E-state index contributed by atoms with van der Waals surface area (Å²) < 4.78 is 13.4. The summed E-state index contributed by atoms with van der Waals surface area (Å²) >= 11 is 6.14. The van der Waals surface area contributed by atoms with Gasteiger partial charge in [-0.3, -0.25) is 14.4 Å². The van der Waals surface area contributed by atoms with E-state index in [1.54, 1.807) is 13.8 Å². The molecule has 0 aliphatic carbocycles. The van der Waals surface area contributed by atoms with Crippen LogP contribution in [0.3, 0.4) is 0 Å². The maximum absolute atomic E-state index is 12.9. The third-order valence-corrected chi connectivity index (χ3v) is 5.80. The van der Waals surface area contributed by atoms with Crippen LogP contribution in [0.4, 0.5) is 0 Å². The van der Waals surface area contributed by atoms with Crippen LogP contribution in [0.2, 0.25) is 5.02 Å². The van der Waals surface area contributed by atoms with Gasteiger partial charge in [0, 0.05) is 31.2 Å². The molecule has 2 aromatic carbocycles. The molecule has 0 bridgehead atoms. The van der Waals surface area contributed by atoms with Crippen LogP contribution in [0, 0.1) is 0 Å². The molecule has 170 valence electrons. The summed E-state index contributed by atoms with van der Waals surface area (Å²) in [6.07, 6.45) is 0. The predicted molar refractivity (Wildman–Crippen MR) is 125 cm³/mol. The maximum Gasteiger partial charge on any atom is 0.263 e. The maximum atomic E-state index is 12.9. The van der Waals surface area contributed by atoms with Crippen molar-refractivity contribution in [1.82, 2.24) is 20.0 Å². The van der Waals surface area contributed by atoms with Crippen LogP contribution in [0.15, 0.2) is 48.5 Å². The Hall–Kier alpha value is -2.61. The van der Waals surface area contributed by atoms with E-state index in [0.29, 0.717) is 24.0 Å². The van der Waals surface area contributed by atoms with Crippen molar-refractivity contribution >= 4 is 28.4 Å². The Balaban J connectivity index is 1.45. The van der Waals surface area contributed by atoms with Gasteiger partial charge < -0.3 is 14.8 Å². The van der Waals surface area contributed by atoms with Crippen molar-refractivity contribution in [2.45, 2.75) is 26.0 Å². The van der Waals surface area contributed by atoms with Crippen molar-refractivity contribution in [1.29, 1.82) is 0 Å². The molecule has 1 aliphatic heterocycles. The van der Waals surface area contributed by atoms with E-state index >= 15 is 0 Å². The van der Waals surface area contributed by atoms with Crippen LogP contribution in [0.25, 0.3) is 10.9 Å². The van der Waals surface area contributed by atoms with Gasteiger partial charge in [-0.05, 0) is 43.7 Å². The number of hydrogen-bond donors (Lipinski definition) is 1. The third-order valence-electron chi connectivity index (χ3n) is 5.56. The molecule has 32 heavy (non-hydrogen) atoms. The van der Waals surface area contributed by atoms with E-state index in [1.165, 1.54) is 0 Å². The fraction of sp³-hybridized carbons (Fsp3) is 0.417. The Labute approximate surface area is 193 Å². The Kier molecular flexibility index (Phi) is 6.98. The number of carbonyl (C=O) groups is 1. The molecule has 0 radical (unpaired) electrons. The fourth-order valence-corrected chi connectivity index (χ4v) is 3.97. The zero-order valence-electron chi connectivity index (χ0n) is 18.5. The first kappa shape index (κ1) is 22.6. The number of aromatic nitrogens is 2. The number of amides is 1. The number of para-hydroxylation sites is 1. The van der Waals surface area contributed by atoms with Crippen molar-refractivity contribution < 1.29 is 14.3 Å². The minimum absolute atomic E-state index is 0.167. The highest BCUT2D eigenvalue weighted by Crippen LogP contribution is 2.28. The Morgan fingerprint density at radius 3 is 2.75 bits per heavy atom. The number of hydrogen-bond acceptors (Lipinski definition) is 5. The molecule has 1 fully saturated rings. The van der Waals surface area contributed by atoms with E-state index in [0.717, 1.165) is 49.3 Å². The lowest BCUT2D eigenvalue weighted by atomic mass is 10.1. The van der Waals surface area contributed by atoms with Gasteiger partial charge in [0.15, 0.2) is 5.60 Å². The molecule has 4 rings (SSSR count). The minimum Gasteiger partial charge on any atom is -0.460 e. The van der Waals surface area contributed by atoms with Gasteiger partial charge in [-0.15, -0.1) is 5.10 Å². The van der Waals surface area contributed by atoms with Gasteiger partial charge in [-0.2, -0.15) is 0 Å². The SMILES string of the molecule is CC(C)(Oc1nn(Cc2cccc(Cl)c2)c2ccccc12)C(=O)NCCN1CCOCC1. The van der Waals surface area contributed by atoms with Crippen LogP contribution in [-0.2, 0) is 16.1 Å². The standard InChI is InChI=1S/C24H29ClN4O3/c1-24(2,23(30)26-10-11-28-12-14-31-15-13-28)32-22-20-8-3-4-9-21(20)29(27-22)17-18-6-5-7-19(25)16-18/h3-9,16H,10-15,17H2,1-2H3,(H,26,30). The van der Waals surface area contributed by atoms with Crippen molar-refractivity contribution in [2.24, 2.45) is 0 Å². The van der Waals surface area contributed by atoms with E-state index < -0.39 is 5.60 Å². The van der Waals surface area contributed by atoms with Crippen LogP contribution in [-0.4, -0.2) is 65.6 Å². The monoisotopic (exact) mass is 456 g/mol. The predicted octanol–water partition coefficient (Wildman–Crippen LogP) is 3.34. The molecule has 1 saturated heterocycles. The highest BCUT2D eigenvalue weighted by atomic mass is 35.5. The van der Waals surface area contributed by atoms with E-state index in [-0.39, 0.29) is 5.91 Å². The molecule has 1 N–H and O–H groups in total. The number of nitrogens with zero attached hydrogens (tertiary/aromatic N) is 3. The second-order valence-electron chi connectivity index (χ2n) is 8.43. The Morgan fingerprint density at radius 1 is 1.19 bits per heavy atom. The van der Waals surface area contributed by atoms with Gasteiger partial charge >= 0.3 is 0 Å². The minimum atomic E-state index is -1.07. The molecule has 1 aliphatic rings. The number of morpholine rings is 1. The van der Waals surface area contributed by atoms with Crippen molar-refractivity contribution in [2.75, 3.05) is 39.4 Å². The molecular weight excluding hydrogens is 428 g/mol. The smallest absolute Gasteiger partial charge is 0.263 e. The first-order chi connectivity index (χ1) is 15.4. The molecule has 0 saturated carbocycles. The quantitative estimate of drug-likeness (QED) is 0.563. The molecule has 2 heterocycles. The van der Waals surface area contributed by atoms with Crippen LogP contribution in [0.5, 0.6) is 5.88 Å². The summed E-state index contributed by atoms with van der Waals surface area (Å²) in [6, 6.07) is 15.6. The number of rotatable bonds is 8. The molecule has 1 amide bonds. The van der Waals surface area contributed by atoms with Crippen molar-refractivity contribution in [3.05, 3.63) is 59.1 Å². The van der Waals surface area contributed by atoms with E-state index in [9.17, 15) is 4.79 Å². The number of ether oxygens (including phenoxy) is 2. The van der Waals surface area contributed by atoms with Crippen LogP contribution in [0.1, 0.15) is 19.4 Å². The molecule has 0 spiro atoms. The lowest BCUT2D eigenvalue weighted by molar-refractivity contribution is -0.134. The van der Waals surface area contributed by atoms with Gasteiger partial charge in [-0.1, -0.05) is 35.9 Å². The number of halogens is 1. The van der Waals surface area contributed by atoms with Gasteiger partial charge in [0.25, 0.3) is 5.91 Å². The highest BCUT2D eigenvalue weighted by molar-refractivity contribution is 6.30. The average molecular weight is 457 g/mol. The van der Waals surface area contributed by atoms with Gasteiger partial charge in [0.2, 0.25) is 5.88 Å². The lowest BCUT2D eigenvalue weighted by Crippen LogP contribution is -2.49. The summed E-state index contributed by atoms with van der Waals surface area (Å²) in [5, 5.41) is 9.23. The summed E-state index contributed by atoms with van der Waals surface area (Å²) in [6.45, 7) is 8.72. The number of fused-ring (bicyclic) bond motifs is 1. The molecule has 0 atom stereocenters. The molecule has 8 heteroatoms. The summed E-state index contributed by atoms with van der Waals surface area (Å²) in [5.41, 5.74) is 0.909. The van der Waals surface area contributed by atoms with Gasteiger partial charge in [0.1, 0.15) is 0 Å². The zero-order chi connectivity index (χ0) is 22.6. The molecular formula is C24H29ClN4O3. The number of carbonyl (C=O) groups excluding carboxylic acids is 1. The number of benzene rings is 2. The fourth-order valence-electron chi connectivity index (χ4n) is 3.75. The zero-order valence-corrected chi connectivity index (χ0v) is 19.3. The first-order valence-electron chi connectivity index (χ1n) is 10.9. The highest BCUT2D eigenvalue weighted by Gasteiger charge is 2.31. The largest absolute Gasteiger partial charge is 0.460 e. The Morgan fingerprint density at radius 2 is 1.97 bits per heavy atom. The van der Waals surface area contributed by atoms with Gasteiger partial charge in [0.05, 0.1) is 30.7 Å². The first-order valence-corrected chi connectivity index (χ1v) is 11.3. The van der Waals surface area contributed by atoms with Crippen molar-refractivity contribution in [3.63, 3.8) is 0 Å². The van der Waals surface area contributed by atoms with E-state index in [1.807, 2.05) is 53.2 Å². The molecule has 0 unspecified atom stereocenters. The molecule has 3 aromatic rings. The lowest BCUT2D eigenvalue weighted by Gasteiger charge is -2.28.